The van der Waals surface area contributed by atoms with Gasteiger partial charge in [-0.3, -0.25) is 0 Å². The van der Waals surface area contributed by atoms with Crippen molar-refractivity contribution in [3.05, 3.63) is 243 Å². The Morgan fingerprint density at radius 2 is 0.923 bits per heavy atom. The van der Waals surface area contributed by atoms with Gasteiger partial charge in [-0.1, -0.05) is 189 Å². The molecule has 10 aromatic carbocycles. The monoisotopic (exact) mass is 830 g/mol. The number of anilines is 3. The van der Waals surface area contributed by atoms with Gasteiger partial charge in [0.05, 0.1) is 11.0 Å². The van der Waals surface area contributed by atoms with Crippen molar-refractivity contribution >= 4 is 66.1 Å². The highest BCUT2D eigenvalue weighted by Crippen LogP contribution is 2.42. The number of hydrogen-bond acceptors (Lipinski definition) is 1. The van der Waals surface area contributed by atoms with Crippen LogP contribution in [0.3, 0.4) is 0 Å². The molecule has 1 unspecified atom stereocenters. The molecule has 0 aliphatic heterocycles. The number of hydrogen-bond donors (Lipinski definition) is 0. The molecule has 0 spiro atoms. The maximum Gasteiger partial charge on any atom is 0.0541 e. The summed E-state index contributed by atoms with van der Waals surface area (Å²) in [7, 11) is 0. The van der Waals surface area contributed by atoms with Crippen LogP contribution in [0.4, 0.5) is 17.1 Å². The predicted octanol–water partition coefficient (Wildman–Crippen LogP) is 17.7. The molecule has 0 saturated heterocycles. The highest BCUT2D eigenvalue weighted by atomic mass is 15.1. The van der Waals surface area contributed by atoms with Crippen molar-refractivity contribution in [2.75, 3.05) is 4.90 Å². The lowest BCUT2D eigenvalue weighted by Crippen LogP contribution is -2.09. The minimum atomic E-state index is 0.565. The molecule has 12 rings (SSSR count). The first-order valence-electron chi connectivity index (χ1n) is 22.7. The van der Waals surface area contributed by atoms with Gasteiger partial charge in [0.15, 0.2) is 0 Å². The normalized spacial score (nSPS) is 13.7. The maximum absolute atomic E-state index is 2.43. The Hall–Kier alpha value is -8.20. The van der Waals surface area contributed by atoms with E-state index in [1.54, 1.807) is 0 Å². The fraction of sp³-hybridized carbons (Fsp3) is 0.0476. The number of aromatic nitrogens is 1. The average molecular weight is 831 g/mol. The molecular weight excluding hydrogens is 785 g/mol. The largest absolute Gasteiger partial charge is 0.311 e. The third-order valence-corrected chi connectivity index (χ3v) is 13.4. The second kappa shape index (κ2) is 16.2. The number of fused-ring (bicyclic) bond motifs is 6. The van der Waals surface area contributed by atoms with E-state index >= 15 is 0 Å². The lowest BCUT2D eigenvalue weighted by atomic mass is 9.94. The van der Waals surface area contributed by atoms with Crippen molar-refractivity contribution < 1.29 is 0 Å². The van der Waals surface area contributed by atoms with Gasteiger partial charge in [-0.05, 0) is 139 Å². The van der Waals surface area contributed by atoms with Crippen LogP contribution in [0.15, 0.2) is 243 Å². The molecule has 0 saturated carbocycles. The average Bonchev–Trinajstić information content (AvgIpc) is 3.71. The zero-order chi connectivity index (χ0) is 43.3. The second-order valence-electron chi connectivity index (χ2n) is 17.4. The van der Waals surface area contributed by atoms with Gasteiger partial charge in [0.25, 0.3) is 0 Å². The molecule has 0 radical (unpaired) electrons. The fourth-order valence-corrected chi connectivity index (χ4v) is 10.0. The quantitative estimate of drug-likeness (QED) is 0.139. The summed E-state index contributed by atoms with van der Waals surface area (Å²) in [6.07, 6.45) is 8.05. The van der Waals surface area contributed by atoms with Gasteiger partial charge in [-0.15, -0.1) is 0 Å². The first-order valence-corrected chi connectivity index (χ1v) is 22.7. The third kappa shape index (κ3) is 6.92. The van der Waals surface area contributed by atoms with Crippen LogP contribution in [0.2, 0.25) is 0 Å². The Bertz CT molecular complexity index is 3610. The summed E-state index contributed by atoms with van der Waals surface area (Å²) in [5.41, 5.74) is 16.7. The number of para-hydroxylation sites is 1. The molecule has 0 fully saturated rings. The highest BCUT2D eigenvalue weighted by molar-refractivity contribution is 6.13. The van der Waals surface area contributed by atoms with E-state index in [-0.39, 0.29) is 0 Å². The Labute approximate surface area is 380 Å². The number of rotatable bonds is 8. The Morgan fingerprint density at radius 3 is 1.62 bits per heavy atom. The molecule has 11 aromatic rings. The summed E-state index contributed by atoms with van der Waals surface area (Å²) >= 11 is 0. The minimum Gasteiger partial charge on any atom is -0.311 e. The van der Waals surface area contributed by atoms with Crippen LogP contribution in [-0.2, 0) is 0 Å². The Morgan fingerprint density at radius 1 is 0.385 bits per heavy atom. The molecule has 0 amide bonds. The Kier molecular flexibility index (Phi) is 9.57. The van der Waals surface area contributed by atoms with E-state index in [0.29, 0.717) is 5.92 Å². The van der Waals surface area contributed by atoms with Crippen LogP contribution in [0, 0.1) is 5.92 Å². The molecule has 0 bridgehead atoms. The molecule has 1 atom stereocenters. The number of nitrogens with zero attached hydrogens (tertiary/aromatic N) is 2. The van der Waals surface area contributed by atoms with Gasteiger partial charge in [-0.2, -0.15) is 0 Å². The van der Waals surface area contributed by atoms with Crippen LogP contribution >= 0.6 is 0 Å². The molecule has 1 heterocycles. The van der Waals surface area contributed by atoms with E-state index in [9.17, 15) is 0 Å². The zero-order valence-corrected chi connectivity index (χ0v) is 36.3. The number of allylic oxidation sites excluding steroid dienone is 4. The van der Waals surface area contributed by atoms with Crippen LogP contribution in [0.1, 0.15) is 13.3 Å². The first-order chi connectivity index (χ1) is 32.1. The fourth-order valence-electron chi connectivity index (χ4n) is 10.0. The van der Waals surface area contributed by atoms with Gasteiger partial charge in [-0.25, -0.2) is 0 Å². The molecule has 0 N–H and O–H groups in total. The van der Waals surface area contributed by atoms with E-state index in [4.69, 9.17) is 0 Å². The maximum atomic E-state index is 2.43. The van der Waals surface area contributed by atoms with Crippen molar-refractivity contribution in [1.29, 1.82) is 0 Å². The van der Waals surface area contributed by atoms with Crippen molar-refractivity contribution in [1.82, 2.24) is 4.57 Å². The molecule has 2 nitrogen and oxygen atoms in total. The van der Waals surface area contributed by atoms with Crippen molar-refractivity contribution in [3.63, 3.8) is 0 Å². The van der Waals surface area contributed by atoms with Crippen LogP contribution in [0.25, 0.3) is 93.6 Å². The van der Waals surface area contributed by atoms with Gasteiger partial charge < -0.3 is 9.47 Å². The zero-order valence-electron chi connectivity index (χ0n) is 36.3. The summed E-state index contributed by atoms with van der Waals surface area (Å²) in [6, 6.07) is 82.2. The van der Waals surface area contributed by atoms with Crippen molar-refractivity contribution in [3.8, 4) is 44.5 Å². The molecule has 1 aliphatic carbocycles. The lowest BCUT2D eigenvalue weighted by molar-refractivity contribution is 0.735. The molecular formula is C63H46N2. The summed E-state index contributed by atoms with van der Waals surface area (Å²) in [4.78, 5) is 2.38. The third-order valence-electron chi connectivity index (χ3n) is 13.4. The van der Waals surface area contributed by atoms with Gasteiger partial charge >= 0.3 is 0 Å². The van der Waals surface area contributed by atoms with Gasteiger partial charge in [0.1, 0.15) is 0 Å². The van der Waals surface area contributed by atoms with E-state index in [1.165, 1.54) is 93.6 Å². The molecule has 308 valence electrons. The van der Waals surface area contributed by atoms with Crippen molar-refractivity contribution in [2.24, 2.45) is 5.92 Å². The summed E-state index contributed by atoms with van der Waals surface area (Å²) in [6.45, 7) is 2.28. The smallest absolute Gasteiger partial charge is 0.0541 e. The van der Waals surface area contributed by atoms with E-state index in [2.05, 4.69) is 259 Å². The second-order valence-corrected chi connectivity index (χ2v) is 17.4. The topological polar surface area (TPSA) is 8.17 Å². The van der Waals surface area contributed by atoms with E-state index in [1.807, 2.05) is 0 Å². The van der Waals surface area contributed by atoms with E-state index in [0.717, 1.165) is 23.5 Å². The first kappa shape index (κ1) is 38.5. The molecule has 1 aromatic heterocycles. The molecule has 65 heavy (non-hydrogen) atoms. The highest BCUT2D eigenvalue weighted by Gasteiger charge is 2.18. The summed E-state index contributed by atoms with van der Waals surface area (Å²) in [5.74, 6) is 0.565. The van der Waals surface area contributed by atoms with Gasteiger partial charge in [0, 0.05) is 33.5 Å². The Balaban J connectivity index is 0.932. The molecule has 2 heteroatoms. The minimum absolute atomic E-state index is 0.565. The number of benzene rings is 10. The van der Waals surface area contributed by atoms with Crippen LogP contribution in [0.5, 0.6) is 0 Å². The van der Waals surface area contributed by atoms with Gasteiger partial charge in [0.2, 0.25) is 0 Å². The summed E-state index contributed by atoms with van der Waals surface area (Å²) in [5, 5.41) is 7.62. The van der Waals surface area contributed by atoms with Crippen LogP contribution < -0.4 is 4.90 Å². The lowest BCUT2D eigenvalue weighted by Gasteiger charge is -2.26. The van der Waals surface area contributed by atoms with E-state index < -0.39 is 0 Å². The summed E-state index contributed by atoms with van der Waals surface area (Å²) < 4.78 is 2.43. The standard InChI is InChI=1S/C63H46N2/c1-43-22-32-53(33-23-43)65-62-21-10-9-18-60(62)61-42-49(31-41-63(61)65)44-24-34-50(35-25-44)64(51-36-26-47(27-37-51)55-16-8-7-15-54(55)45-12-3-2-4-13-45)52-38-28-48(29-39-52)57-19-11-20-58-56-17-6-5-14-46(56)30-40-59(57)58/h2-22,24-43H,23H2,1H3. The van der Waals surface area contributed by atoms with Crippen molar-refractivity contribution in [2.45, 2.75) is 13.3 Å². The predicted molar refractivity (Wildman–Crippen MR) is 278 cm³/mol. The SMILES string of the molecule is CC1C=CC(n2c3ccccc3c3cc(-c4ccc(N(c5ccc(-c6ccccc6-c6ccccc6)cc5)c5ccc(-c6cccc7c6ccc6ccccc67)cc5)cc4)ccc32)=CC1. The molecule has 1 aliphatic rings. The van der Waals surface area contributed by atoms with Crippen LogP contribution in [-0.4, -0.2) is 4.57 Å².